The first kappa shape index (κ1) is 20.5. The number of benzene rings is 1. The molecule has 1 fully saturated rings. The van der Waals surface area contributed by atoms with Crippen LogP contribution in [-0.2, 0) is 6.54 Å². The first-order chi connectivity index (χ1) is 10.7. The van der Waals surface area contributed by atoms with E-state index < -0.39 is 0 Å². The molecule has 0 aromatic heterocycles. The van der Waals surface area contributed by atoms with Crippen molar-refractivity contribution in [3.63, 3.8) is 0 Å². The Labute approximate surface area is 162 Å². The van der Waals surface area contributed by atoms with Crippen molar-refractivity contribution in [1.29, 1.82) is 0 Å². The van der Waals surface area contributed by atoms with Crippen molar-refractivity contribution in [3.8, 4) is 0 Å². The molecule has 1 aliphatic rings. The fourth-order valence-electron chi connectivity index (χ4n) is 2.71. The molecule has 0 radical (unpaired) electrons. The highest BCUT2D eigenvalue weighted by Crippen LogP contribution is 2.14. The van der Waals surface area contributed by atoms with Gasteiger partial charge in [-0.15, -0.1) is 24.0 Å². The summed E-state index contributed by atoms with van der Waals surface area (Å²) in [4.78, 5) is 7.16. The first-order valence-electron chi connectivity index (χ1n) is 8.20. The van der Waals surface area contributed by atoms with E-state index >= 15 is 0 Å². The molecule has 1 unspecified atom stereocenters. The minimum Gasteiger partial charge on any atom is -0.357 e. The van der Waals surface area contributed by atoms with Crippen molar-refractivity contribution < 1.29 is 0 Å². The summed E-state index contributed by atoms with van der Waals surface area (Å²) < 4.78 is 0. The van der Waals surface area contributed by atoms with Crippen LogP contribution in [0.15, 0.2) is 29.3 Å². The summed E-state index contributed by atoms with van der Waals surface area (Å²) in [6.07, 6.45) is 1.28. The fourth-order valence-corrected chi connectivity index (χ4v) is 2.84. The normalized spacial score (nSPS) is 18.6. The van der Waals surface area contributed by atoms with Crippen LogP contribution in [-0.4, -0.2) is 43.6 Å². The minimum absolute atomic E-state index is 0. The maximum Gasteiger partial charge on any atom is 0.191 e. The van der Waals surface area contributed by atoms with E-state index in [4.69, 9.17) is 11.6 Å². The van der Waals surface area contributed by atoms with Crippen LogP contribution in [0.4, 0.5) is 0 Å². The van der Waals surface area contributed by atoms with Gasteiger partial charge in [0.15, 0.2) is 5.96 Å². The smallest absolute Gasteiger partial charge is 0.191 e. The molecule has 1 atom stereocenters. The van der Waals surface area contributed by atoms with E-state index in [9.17, 15) is 0 Å². The Hall–Kier alpha value is -0.530. The second-order valence-corrected chi connectivity index (χ2v) is 6.19. The number of rotatable bonds is 6. The highest BCUT2D eigenvalue weighted by Gasteiger charge is 2.20. The SMILES string of the molecule is CCNC(=NCc1ccc(Cl)cc1)NCC1CCN(CC)C1.I. The molecule has 1 aliphatic heterocycles. The predicted octanol–water partition coefficient (Wildman–Crippen LogP) is 3.35. The van der Waals surface area contributed by atoms with E-state index in [1.54, 1.807) is 0 Å². The van der Waals surface area contributed by atoms with Crippen molar-refractivity contribution in [2.45, 2.75) is 26.8 Å². The lowest BCUT2D eigenvalue weighted by Gasteiger charge is -2.16. The third-order valence-corrected chi connectivity index (χ3v) is 4.30. The molecule has 0 bridgehead atoms. The van der Waals surface area contributed by atoms with E-state index in [1.807, 2.05) is 24.3 Å². The van der Waals surface area contributed by atoms with Crippen LogP contribution in [0.25, 0.3) is 0 Å². The van der Waals surface area contributed by atoms with Crippen LogP contribution in [0.2, 0.25) is 5.02 Å². The number of likely N-dealkylation sites (tertiary alicyclic amines) is 1. The number of nitrogens with one attached hydrogen (secondary N) is 2. The van der Waals surface area contributed by atoms with Gasteiger partial charge in [0.1, 0.15) is 0 Å². The summed E-state index contributed by atoms with van der Waals surface area (Å²) in [5.41, 5.74) is 1.17. The Morgan fingerprint density at radius 1 is 1.26 bits per heavy atom. The van der Waals surface area contributed by atoms with Crippen molar-refractivity contribution in [2.75, 3.05) is 32.7 Å². The minimum atomic E-state index is 0. The van der Waals surface area contributed by atoms with Crippen molar-refractivity contribution in [2.24, 2.45) is 10.9 Å². The molecular formula is C17H28ClIN4. The van der Waals surface area contributed by atoms with Gasteiger partial charge in [0.25, 0.3) is 0 Å². The molecule has 2 N–H and O–H groups in total. The molecule has 130 valence electrons. The third-order valence-electron chi connectivity index (χ3n) is 4.05. The van der Waals surface area contributed by atoms with E-state index in [0.29, 0.717) is 6.54 Å². The molecule has 0 spiro atoms. The maximum absolute atomic E-state index is 5.91. The Morgan fingerprint density at radius 3 is 2.61 bits per heavy atom. The molecule has 1 saturated heterocycles. The Bertz CT molecular complexity index is 478. The standard InChI is InChI=1S/C17H27ClN4.HI/c1-3-19-17(20-11-14-5-7-16(18)8-6-14)21-12-15-9-10-22(4-2)13-15;/h5-8,15H,3-4,9-13H2,1-2H3,(H2,19,20,21);1H. The summed E-state index contributed by atoms with van der Waals surface area (Å²) in [5, 5.41) is 7.55. The number of hydrogen-bond acceptors (Lipinski definition) is 2. The second-order valence-electron chi connectivity index (χ2n) is 5.75. The molecular weight excluding hydrogens is 423 g/mol. The van der Waals surface area contributed by atoms with Gasteiger partial charge in [0.2, 0.25) is 0 Å². The Kier molecular flexibility index (Phi) is 9.90. The predicted molar refractivity (Wildman–Crippen MR) is 110 cm³/mol. The van der Waals surface area contributed by atoms with Crippen LogP contribution < -0.4 is 10.6 Å². The zero-order chi connectivity index (χ0) is 15.8. The zero-order valence-electron chi connectivity index (χ0n) is 14.0. The van der Waals surface area contributed by atoms with Crippen molar-refractivity contribution in [3.05, 3.63) is 34.9 Å². The zero-order valence-corrected chi connectivity index (χ0v) is 17.1. The Morgan fingerprint density at radius 2 is 2.00 bits per heavy atom. The highest BCUT2D eigenvalue weighted by molar-refractivity contribution is 14.0. The lowest BCUT2D eigenvalue weighted by atomic mass is 10.1. The number of guanidine groups is 1. The fraction of sp³-hybridized carbons (Fsp3) is 0.588. The molecule has 4 nitrogen and oxygen atoms in total. The van der Waals surface area contributed by atoms with Crippen LogP contribution in [0.1, 0.15) is 25.8 Å². The van der Waals surface area contributed by atoms with Crippen molar-refractivity contribution in [1.82, 2.24) is 15.5 Å². The third kappa shape index (κ3) is 7.27. The van der Waals surface area contributed by atoms with Gasteiger partial charge in [-0.1, -0.05) is 30.7 Å². The van der Waals surface area contributed by atoms with Crippen molar-refractivity contribution >= 4 is 41.5 Å². The average molecular weight is 451 g/mol. The largest absolute Gasteiger partial charge is 0.357 e. The summed E-state index contributed by atoms with van der Waals surface area (Å²) in [5.74, 6) is 1.62. The van der Waals surface area contributed by atoms with Gasteiger partial charge in [0, 0.05) is 24.7 Å². The first-order valence-corrected chi connectivity index (χ1v) is 8.58. The number of halogens is 2. The number of nitrogens with zero attached hydrogens (tertiary/aromatic N) is 2. The van der Waals surface area contributed by atoms with Gasteiger partial charge >= 0.3 is 0 Å². The molecule has 2 rings (SSSR count). The van der Waals surface area contributed by atoms with Crippen LogP contribution >= 0.6 is 35.6 Å². The van der Waals surface area contributed by atoms with Gasteiger partial charge < -0.3 is 15.5 Å². The van der Waals surface area contributed by atoms with Gasteiger partial charge in [-0.2, -0.15) is 0 Å². The molecule has 1 aromatic carbocycles. The second kappa shape index (κ2) is 11.1. The molecule has 6 heteroatoms. The van der Waals surface area contributed by atoms with Crippen LogP contribution in [0.5, 0.6) is 0 Å². The van der Waals surface area contributed by atoms with E-state index in [-0.39, 0.29) is 24.0 Å². The summed E-state index contributed by atoms with van der Waals surface area (Å²) in [7, 11) is 0. The topological polar surface area (TPSA) is 39.7 Å². The molecule has 1 heterocycles. The molecule has 23 heavy (non-hydrogen) atoms. The van der Waals surface area contributed by atoms with Gasteiger partial charge in [-0.05, 0) is 50.0 Å². The van der Waals surface area contributed by atoms with Gasteiger partial charge in [-0.25, -0.2) is 4.99 Å². The quantitative estimate of drug-likeness (QED) is 0.397. The highest BCUT2D eigenvalue weighted by atomic mass is 127. The number of aliphatic imine (C=N–C) groups is 1. The molecule has 0 amide bonds. The number of hydrogen-bond donors (Lipinski definition) is 2. The lowest BCUT2D eigenvalue weighted by molar-refractivity contribution is 0.342. The lowest BCUT2D eigenvalue weighted by Crippen LogP contribution is -2.40. The summed E-state index contributed by atoms with van der Waals surface area (Å²) in [6.45, 7) is 10.4. The Balaban J connectivity index is 0.00000264. The van der Waals surface area contributed by atoms with E-state index in [2.05, 4.69) is 34.4 Å². The van der Waals surface area contributed by atoms with Crippen LogP contribution in [0.3, 0.4) is 0 Å². The van der Waals surface area contributed by atoms with Gasteiger partial charge in [0.05, 0.1) is 6.54 Å². The molecule has 1 aromatic rings. The summed E-state index contributed by atoms with van der Waals surface area (Å²) in [6, 6.07) is 7.85. The molecule has 0 aliphatic carbocycles. The maximum atomic E-state index is 5.91. The van der Waals surface area contributed by atoms with Crippen LogP contribution in [0, 0.1) is 5.92 Å². The van der Waals surface area contributed by atoms with E-state index in [0.717, 1.165) is 36.5 Å². The molecule has 0 saturated carbocycles. The average Bonchev–Trinajstić information content (AvgIpc) is 3.00. The summed E-state index contributed by atoms with van der Waals surface area (Å²) >= 11 is 5.91. The van der Waals surface area contributed by atoms with Gasteiger partial charge in [-0.3, -0.25) is 0 Å². The van der Waals surface area contributed by atoms with E-state index in [1.165, 1.54) is 25.1 Å². The monoisotopic (exact) mass is 450 g/mol.